The number of carbonyl (C=O) groups is 2. The maximum absolute atomic E-state index is 13.4. The number of amidine groups is 1. The van der Waals surface area contributed by atoms with Crippen molar-refractivity contribution in [3.63, 3.8) is 0 Å². The Bertz CT molecular complexity index is 1660. The van der Waals surface area contributed by atoms with Gasteiger partial charge in [0.1, 0.15) is 28.7 Å². The van der Waals surface area contributed by atoms with E-state index in [4.69, 9.17) is 0 Å². The molecule has 1 aliphatic heterocycles. The van der Waals surface area contributed by atoms with Crippen molar-refractivity contribution in [1.29, 1.82) is 10.5 Å². The number of benzene rings is 2. The van der Waals surface area contributed by atoms with Crippen LogP contribution in [0.4, 0.5) is 22.1 Å². The van der Waals surface area contributed by atoms with Gasteiger partial charge < -0.3 is 4.90 Å². The van der Waals surface area contributed by atoms with Crippen molar-refractivity contribution in [2.24, 2.45) is 4.99 Å². The number of para-hydroxylation sites is 1. The number of Topliss-reactive ketones (excluding diaryl/α,β-unsaturated/α-hetero) is 1. The third-order valence-electron chi connectivity index (χ3n) is 6.84. The summed E-state index contributed by atoms with van der Waals surface area (Å²) in [5.74, 6) is -0.623. The van der Waals surface area contributed by atoms with E-state index in [1.807, 2.05) is 32.0 Å². The summed E-state index contributed by atoms with van der Waals surface area (Å²) in [5.41, 5.74) is 8.89. The summed E-state index contributed by atoms with van der Waals surface area (Å²) >= 11 is 1.33. The second-order valence-corrected chi connectivity index (χ2v) is 10.9. The number of hydrazine groups is 1. The monoisotopic (exact) mass is 591 g/mol. The molecule has 218 valence electrons. The number of rotatable bonds is 10. The van der Waals surface area contributed by atoms with E-state index in [9.17, 15) is 20.1 Å². The first-order chi connectivity index (χ1) is 20.8. The van der Waals surface area contributed by atoms with Gasteiger partial charge in [-0.05, 0) is 81.3 Å². The molecular formula is C33H33N7O2S. The Morgan fingerprint density at radius 2 is 1.77 bits per heavy atom. The standard InChI is InChI=1S/C33H33N7O2S/c1-5-7-17-39(6-2)26-15-13-25(14-16-26)38-37-23(4)36-32-22(3)18-28(43-32)19-29-31(41)30(24(20-34)21-35)40(33(29)42)27-11-9-8-10-12-27/h8-16,18-19,38H,5-7,17H2,1-4H3,(H,36,37)/b29-19+. The highest BCUT2D eigenvalue weighted by Crippen LogP contribution is 2.36. The predicted octanol–water partition coefficient (Wildman–Crippen LogP) is 6.65. The zero-order chi connectivity index (χ0) is 30.9. The SMILES string of the molecule is CCCCN(CC)c1ccc(NNC(C)=Nc2sc(/C=C3\C(=O)C(=C(C#N)C#N)N(c4ccccc4)C3=O)cc2C)cc1. The van der Waals surface area contributed by atoms with E-state index in [0.29, 0.717) is 21.4 Å². The van der Waals surface area contributed by atoms with Crippen molar-refractivity contribution in [1.82, 2.24) is 5.43 Å². The second-order valence-electron chi connectivity index (χ2n) is 9.87. The Hall–Kier alpha value is -5.19. The normalized spacial score (nSPS) is 14.1. The van der Waals surface area contributed by atoms with Gasteiger partial charge in [-0.25, -0.2) is 4.99 Å². The Kier molecular flexibility index (Phi) is 10.1. The largest absolute Gasteiger partial charge is 0.372 e. The molecule has 1 amide bonds. The van der Waals surface area contributed by atoms with Crippen LogP contribution in [0.1, 0.15) is 44.1 Å². The molecule has 0 bridgehead atoms. The number of thiophene rings is 1. The number of hydrogen-bond acceptors (Lipinski definition) is 8. The molecule has 0 radical (unpaired) electrons. The molecule has 3 aromatic rings. The first-order valence-electron chi connectivity index (χ1n) is 14.0. The van der Waals surface area contributed by atoms with E-state index < -0.39 is 17.3 Å². The van der Waals surface area contributed by atoms with E-state index in [1.165, 1.54) is 23.1 Å². The summed E-state index contributed by atoms with van der Waals surface area (Å²) in [6.07, 6.45) is 3.82. The summed E-state index contributed by atoms with van der Waals surface area (Å²) in [4.78, 5) is 35.6. The Balaban J connectivity index is 1.52. The number of amides is 1. The van der Waals surface area contributed by atoms with Gasteiger partial charge in [-0.1, -0.05) is 31.5 Å². The third kappa shape index (κ3) is 7.00. The molecule has 0 unspecified atom stereocenters. The maximum Gasteiger partial charge on any atom is 0.267 e. The van der Waals surface area contributed by atoms with Crippen LogP contribution in [0.5, 0.6) is 0 Å². The number of allylic oxidation sites excluding steroid dienone is 2. The summed E-state index contributed by atoms with van der Waals surface area (Å²) < 4.78 is 0. The van der Waals surface area contributed by atoms with E-state index in [1.54, 1.807) is 42.5 Å². The Morgan fingerprint density at radius 1 is 1.07 bits per heavy atom. The molecule has 2 aromatic carbocycles. The first kappa shape index (κ1) is 30.8. The van der Waals surface area contributed by atoms with Crippen molar-refractivity contribution >= 4 is 57.0 Å². The lowest BCUT2D eigenvalue weighted by atomic mass is 10.1. The molecule has 4 rings (SSSR count). The number of aryl methyl sites for hydroxylation is 1. The van der Waals surface area contributed by atoms with Crippen molar-refractivity contribution in [2.45, 2.75) is 40.5 Å². The van der Waals surface area contributed by atoms with E-state index in [2.05, 4.69) is 46.7 Å². The molecule has 2 N–H and O–H groups in total. The zero-order valence-corrected chi connectivity index (χ0v) is 25.5. The molecule has 0 saturated carbocycles. The van der Waals surface area contributed by atoms with Crippen LogP contribution in [0.2, 0.25) is 0 Å². The van der Waals surface area contributed by atoms with Gasteiger partial charge in [0.25, 0.3) is 5.91 Å². The number of anilines is 3. The fourth-order valence-electron chi connectivity index (χ4n) is 4.59. The molecule has 10 heteroatoms. The Morgan fingerprint density at radius 3 is 2.40 bits per heavy atom. The topological polar surface area (TPSA) is 125 Å². The van der Waals surface area contributed by atoms with Crippen molar-refractivity contribution in [3.05, 3.63) is 87.9 Å². The number of carbonyl (C=O) groups excluding carboxylic acids is 2. The minimum absolute atomic E-state index is 0.116. The molecular weight excluding hydrogens is 558 g/mol. The van der Waals surface area contributed by atoms with Crippen LogP contribution >= 0.6 is 11.3 Å². The lowest BCUT2D eigenvalue weighted by Gasteiger charge is -2.23. The number of aliphatic imine (C=N–C) groups is 1. The van der Waals surface area contributed by atoms with Gasteiger partial charge in [-0.15, -0.1) is 11.3 Å². The fraction of sp³-hybridized carbons (Fsp3) is 0.242. The third-order valence-corrected chi connectivity index (χ3v) is 7.92. The number of unbranched alkanes of at least 4 members (excludes halogenated alkanes) is 1. The van der Waals surface area contributed by atoms with Crippen LogP contribution in [-0.2, 0) is 9.59 Å². The molecule has 0 aliphatic carbocycles. The van der Waals surface area contributed by atoms with Gasteiger partial charge >= 0.3 is 0 Å². The van der Waals surface area contributed by atoms with Crippen LogP contribution in [0, 0.1) is 29.6 Å². The highest BCUT2D eigenvalue weighted by molar-refractivity contribution is 7.17. The molecule has 1 saturated heterocycles. The van der Waals surface area contributed by atoms with Gasteiger partial charge in [0, 0.05) is 29.3 Å². The number of nitrogens with zero attached hydrogens (tertiary/aromatic N) is 5. The number of hydrogen-bond donors (Lipinski definition) is 2. The van der Waals surface area contributed by atoms with E-state index in [0.717, 1.165) is 42.1 Å². The molecule has 1 aromatic heterocycles. The molecule has 0 spiro atoms. The average Bonchev–Trinajstić information content (AvgIpc) is 3.48. The smallest absolute Gasteiger partial charge is 0.267 e. The average molecular weight is 592 g/mol. The minimum atomic E-state index is -0.663. The summed E-state index contributed by atoms with van der Waals surface area (Å²) in [7, 11) is 0. The van der Waals surface area contributed by atoms with Gasteiger partial charge in [-0.2, -0.15) is 10.5 Å². The van der Waals surface area contributed by atoms with E-state index in [-0.39, 0.29) is 11.3 Å². The predicted molar refractivity (Wildman–Crippen MR) is 173 cm³/mol. The molecule has 43 heavy (non-hydrogen) atoms. The maximum atomic E-state index is 13.4. The van der Waals surface area contributed by atoms with Gasteiger partial charge in [0.2, 0.25) is 5.78 Å². The molecule has 2 heterocycles. The van der Waals surface area contributed by atoms with Crippen molar-refractivity contribution in [3.8, 4) is 12.1 Å². The number of nitrogens with one attached hydrogen (secondary N) is 2. The minimum Gasteiger partial charge on any atom is -0.372 e. The van der Waals surface area contributed by atoms with Gasteiger partial charge in [0.05, 0.1) is 11.3 Å². The zero-order valence-electron chi connectivity index (χ0n) is 24.6. The lowest BCUT2D eigenvalue weighted by molar-refractivity contribution is -0.115. The van der Waals surface area contributed by atoms with Crippen LogP contribution in [-0.4, -0.2) is 30.6 Å². The molecule has 1 fully saturated rings. The quantitative estimate of drug-likeness (QED) is 0.0675. The van der Waals surface area contributed by atoms with Crippen LogP contribution in [0.15, 0.2) is 82.5 Å². The second kappa shape index (κ2) is 14.1. The van der Waals surface area contributed by atoms with Crippen LogP contribution < -0.4 is 20.7 Å². The number of nitriles is 2. The number of ketones is 1. The lowest BCUT2D eigenvalue weighted by Crippen LogP contribution is -2.27. The van der Waals surface area contributed by atoms with Crippen LogP contribution in [0.25, 0.3) is 6.08 Å². The van der Waals surface area contributed by atoms with Crippen LogP contribution in [0.3, 0.4) is 0 Å². The highest BCUT2D eigenvalue weighted by Gasteiger charge is 2.42. The van der Waals surface area contributed by atoms with Gasteiger partial charge in [0.15, 0.2) is 5.57 Å². The molecule has 9 nitrogen and oxygen atoms in total. The summed E-state index contributed by atoms with van der Waals surface area (Å²) in [6, 6.07) is 22.1. The van der Waals surface area contributed by atoms with Crippen molar-refractivity contribution < 1.29 is 9.59 Å². The first-order valence-corrected chi connectivity index (χ1v) is 14.9. The Labute approximate surface area is 256 Å². The summed E-state index contributed by atoms with van der Waals surface area (Å²) in [6.45, 7) is 10.1. The summed E-state index contributed by atoms with van der Waals surface area (Å²) in [5, 5.41) is 19.7. The van der Waals surface area contributed by atoms with E-state index >= 15 is 0 Å². The fourth-order valence-corrected chi connectivity index (χ4v) is 5.63. The van der Waals surface area contributed by atoms with Crippen molar-refractivity contribution in [2.75, 3.05) is 28.3 Å². The highest BCUT2D eigenvalue weighted by atomic mass is 32.1. The van der Waals surface area contributed by atoms with Gasteiger partial charge in [-0.3, -0.25) is 25.3 Å². The molecule has 0 atom stereocenters. The molecule has 1 aliphatic rings.